The molecule has 2 N–H and O–H groups in total. The average molecular weight is 497 g/mol. The van der Waals surface area contributed by atoms with Gasteiger partial charge in [-0.1, -0.05) is 58.6 Å². The fourth-order valence-electron chi connectivity index (χ4n) is 7.85. The number of Topliss-reactive ketones (excluding diaryl/α,β-unsaturated/α-hetero) is 1. The van der Waals surface area contributed by atoms with E-state index < -0.39 is 17.9 Å². The van der Waals surface area contributed by atoms with Crippen molar-refractivity contribution in [1.82, 2.24) is 0 Å². The lowest BCUT2D eigenvalue weighted by atomic mass is 9.48. The van der Waals surface area contributed by atoms with Gasteiger partial charge in [0.05, 0.1) is 5.92 Å². The number of allylic oxidation sites excluding steroid dienone is 5. The molecule has 198 valence electrons. The molecule has 1 saturated carbocycles. The van der Waals surface area contributed by atoms with Gasteiger partial charge in [0.2, 0.25) is 0 Å². The summed E-state index contributed by atoms with van der Waals surface area (Å²) < 4.78 is 0. The van der Waals surface area contributed by atoms with Gasteiger partial charge in [0.15, 0.2) is 5.78 Å². The molecule has 0 heterocycles. The summed E-state index contributed by atoms with van der Waals surface area (Å²) in [7, 11) is 0. The average Bonchev–Trinajstić information content (AvgIpc) is 3.08. The molecule has 7 atom stereocenters. The summed E-state index contributed by atoms with van der Waals surface area (Å²) in [4.78, 5) is 35.8. The SMILES string of the molecule is C=C(C(=O)C[C@@H](C)[C@H]1CC[C@@]2(C)C3=CC[C@H](C(=C)C)[C@](C)(CCC(=O)O)C3=CC[C@]12C)C(C)C(=O)O. The first-order valence-electron chi connectivity index (χ1n) is 13.3. The highest BCUT2D eigenvalue weighted by atomic mass is 16.4. The van der Waals surface area contributed by atoms with Crippen molar-refractivity contribution >= 4 is 17.7 Å². The van der Waals surface area contributed by atoms with E-state index >= 15 is 0 Å². The number of carboxylic acid groups (broad SMARTS) is 2. The van der Waals surface area contributed by atoms with Gasteiger partial charge in [-0.15, -0.1) is 0 Å². The first-order valence-corrected chi connectivity index (χ1v) is 13.3. The van der Waals surface area contributed by atoms with Crippen molar-refractivity contribution in [3.63, 3.8) is 0 Å². The van der Waals surface area contributed by atoms with E-state index in [-0.39, 0.29) is 45.9 Å². The van der Waals surface area contributed by atoms with E-state index in [9.17, 15) is 24.6 Å². The summed E-state index contributed by atoms with van der Waals surface area (Å²) in [6.45, 7) is 20.7. The Morgan fingerprint density at radius 3 is 2.28 bits per heavy atom. The predicted molar refractivity (Wildman–Crippen MR) is 142 cm³/mol. The molecule has 1 fully saturated rings. The lowest BCUT2D eigenvalue weighted by Gasteiger charge is -2.56. The van der Waals surface area contributed by atoms with Crippen molar-refractivity contribution in [2.75, 3.05) is 0 Å². The van der Waals surface area contributed by atoms with Gasteiger partial charge in [0.25, 0.3) is 0 Å². The highest BCUT2D eigenvalue weighted by molar-refractivity contribution is 5.99. The Morgan fingerprint density at radius 2 is 1.72 bits per heavy atom. The Labute approximate surface area is 216 Å². The molecule has 0 aromatic carbocycles. The van der Waals surface area contributed by atoms with Crippen LogP contribution in [0.15, 0.2) is 47.6 Å². The van der Waals surface area contributed by atoms with Crippen LogP contribution in [0, 0.1) is 39.9 Å². The van der Waals surface area contributed by atoms with E-state index in [2.05, 4.69) is 59.9 Å². The molecule has 0 aromatic heterocycles. The van der Waals surface area contributed by atoms with E-state index in [0.29, 0.717) is 18.8 Å². The van der Waals surface area contributed by atoms with Gasteiger partial charge in [-0.3, -0.25) is 14.4 Å². The Hall–Kier alpha value is -2.43. The molecular weight excluding hydrogens is 452 g/mol. The number of carbonyl (C=O) groups excluding carboxylic acids is 1. The minimum atomic E-state index is -1.02. The van der Waals surface area contributed by atoms with E-state index in [1.165, 1.54) is 18.1 Å². The standard InChI is InChI=1S/C31H44O5/c1-18(2)22-9-10-25-24(29(22,6)14-13-27(33)34)12-16-30(7)23(11-15-31(25,30)8)19(3)17-26(32)20(4)21(5)28(35)36/h10,12,19,21-23H,1,4,9,11,13-17H2,2-3,5-8H3,(H,33,34)(H,35,36)/t19-,21?,22-,23-,29+,30-,31+/m1/s1. The maximum Gasteiger partial charge on any atom is 0.310 e. The van der Waals surface area contributed by atoms with E-state index in [4.69, 9.17) is 0 Å². The molecule has 0 bridgehead atoms. The van der Waals surface area contributed by atoms with Gasteiger partial charge in [0, 0.05) is 18.4 Å². The summed E-state index contributed by atoms with van der Waals surface area (Å²) in [5.41, 5.74) is 3.59. The van der Waals surface area contributed by atoms with Crippen molar-refractivity contribution in [1.29, 1.82) is 0 Å². The van der Waals surface area contributed by atoms with Gasteiger partial charge >= 0.3 is 11.9 Å². The van der Waals surface area contributed by atoms with E-state index in [1.54, 1.807) is 0 Å². The zero-order valence-corrected chi connectivity index (χ0v) is 22.9. The third kappa shape index (κ3) is 4.43. The number of hydrogen-bond acceptors (Lipinski definition) is 3. The summed E-state index contributed by atoms with van der Waals surface area (Å²) in [6.07, 6.45) is 9.59. The molecule has 0 saturated heterocycles. The van der Waals surface area contributed by atoms with Crippen molar-refractivity contribution in [2.24, 2.45) is 39.9 Å². The Kier molecular flexibility index (Phi) is 7.66. The summed E-state index contributed by atoms with van der Waals surface area (Å²) in [6, 6.07) is 0. The van der Waals surface area contributed by atoms with Crippen molar-refractivity contribution in [2.45, 2.75) is 86.5 Å². The molecule has 5 heteroatoms. The number of carboxylic acids is 2. The van der Waals surface area contributed by atoms with Crippen LogP contribution in [0.3, 0.4) is 0 Å². The molecule has 0 spiro atoms. The largest absolute Gasteiger partial charge is 0.481 e. The van der Waals surface area contributed by atoms with Crippen molar-refractivity contribution < 1.29 is 24.6 Å². The molecule has 3 rings (SSSR count). The normalized spacial score (nSPS) is 34.9. The second-order valence-electron chi connectivity index (χ2n) is 12.5. The highest BCUT2D eigenvalue weighted by Crippen LogP contribution is 2.70. The van der Waals surface area contributed by atoms with Crippen LogP contribution in [-0.4, -0.2) is 27.9 Å². The fourth-order valence-corrected chi connectivity index (χ4v) is 7.85. The number of fused-ring (bicyclic) bond motifs is 3. The molecule has 5 nitrogen and oxygen atoms in total. The smallest absolute Gasteiger partial charge is 0.310 e. The summed E-state index contributed by atoms with van der Waals surface area (Å²) >= 11 is 0. The zero-order valence-electron chi connectivity index (χ0n) is 22.9. The molecule has 0 amide bonds. The topological polar surface area (TPSA) is 91.7 Å². The third-order valence-electron chi connectivity index (χ3n) is 10.5. The Balaban J connectivity index is 1.93. The number of rotatable bonds is 10. The first kappa shape index (κ1) is 28.1. The summed E-state index contributed by atoms with van der Waals surface area (Å²) in [5.74, 6) is -2.15. The van der Waals surface area contributed by atoms with Crippen LogP contribution in [0.25, 0.3) is 0 Å². The second kappa shape index (κ2) is 9.79. The first-order chi connectivity index (χ1) is 16.6. The molecular formula is C31H44O5. The third-order valence-corrected chi connectivity index (χ3v) is 10.5. The van der Waals surface area contributed by atoms with Crippen LogP contribution in [0.2, 0.25) is 0 Å². The summed E-state index contributed by atoms with van der Waals surface area (Å²) in [5, 5.41) is 18.8. The minimum Gasteiger partial charge on any atom is -0.481 e. The highest BCUT2D eigenvalue weighted by Gasteiger charge is 2.61. The maximum atomic E-state index is 12.9. The molecule has 0 aromatic rings. The van der Waals surface area contributed by atoms with Crippen LogP contribution < -0.4 is 0 Å². The van der Waals surface area contributed by atoms with Gasteiger partial charge < -0.3 is 10.2 Å². The Bertz CT molecular complexity index is 1050. The van der Waals surface area contributed by atoms with E-state index in [0.717, 1.165) is 31.3 Å². The zero-order chi connectivity index (χ0) is 27.2. The van der Waals surface area contributed by atoms with Crippen LogP contribution >= 0.6 is 0 Å². The molecule has 0 radical (unpaired) electrons. The Morgan fingerprint density at radius 1 is 1.08 bits per heavy atom. The number of ketones is 1. The van der Waals surface area contributed by atoms with Crippen LogP contribution in [0.5, 0.6) is 0 Å². The molecule has 3 aliphatic rings. The predicted octanol–water partition coefficient (Wildman–Crippen LogP) is 7.00. The molecule has 36 heavy (non-hydrogen) atoms. The van der Waals surface area contributed by atoms with Crippen molar-refractivity contribution in [3.05, 3.63) is 47.6 Å². The van der Waals surface area contributed by atoms with E-state index in [1.807, 2.05) is 0 Å². The van der Waals surface area contributed by atoms with Gasteiger partial charge in [0.1, 0.15) is 0 Å². The lowest BCUT2D eigenvalue weighted by molar-refractivity contribution is -0.141. The number of hydrogen-bond donors (Lipinski definition) is 2. The lowest BCUT2D eigenvalue weighted by Crippen LogP contribution is -2.47. The number of carbonyl (C=O) groups is 3. The monoisotopic (exact) mass is 496 g/mol. The minimum absolute atomic E-state index is 0.0362. The molecule has 3 aliphatic carbocycles. The maximum absolute atomic E-state index is 12.9. The second-order valence-corrected chi connectivity index (χ2v) is 12.5. The van der Waals surface area contributed by atoms with Crippen molar-refractivity contribution in [3.8, 4) is 0 Å². The van der Waals surface area contributed by atoms with Crippen LogP contribution in [0.4, 0.5) is 0 Å². The van der Waals surface area contributed by atoms with Crippen LogP contribution in [-0.2, 0) is 14.4 Å². The van der Waals surface area contributed by atoms with Gasteiger partial charge in [-0.25, -0.2) is 0 Å². The number of aliphatic carboxylic acids is 2. The van der Waals surface area contributed by atoms with Crippen LogP contribution in [0.1, 0.15) is 86.5 Å². The van der Waals surface area contributed by atoms with Gasteiger partial charge in [-0.2, -0.15) is 0 Å². The molecule has 1 unspecified atom stereocenters. The van der Waals surface area contributed by atoms with Gasteiger partial charge in [-0.05, 0) is 91.1 Å². The fraction of sp³-hybridized carbons (Fsp3) is 0.645. The molecule has 0 aliphatic heterocycles. The quantitative estimate of drug-likeness (QED) is 0.251.